The van der Waals surface area contributed by atoms with Crippen LogP contribution in [0.4, 0.5) is 5.82 Å². The van der Waals surface area contributed by atoms with Gasteiger partial charge in [-0.25, -0.2) is 0 Å². The van der Waals surface area contributed by atoms with E-state index in [0.29, 0.717) is 5.82 Å². The van der Waals surface area contributed by atoms with Gasteiger partial charge in [0.1, 0.15) is 0 Å². The quantitative estimate of drug-likeness (QED) is 0.743. The third-order valence-electron chi connectivity index (χ3n) is 2.14. The third kappa shape index (κ3) is 2.53. The Labute approximate surface area is 93.6 Å². The van der Waals surface area contributed by atoms with Crippen LogP contribution in [0.2, 0.25) is 0 Å². The Morgan fingerprint density at radius 3 is 2.67 bits per heavy atom. The van der Waals surface area contributed by atoms with Gasteiger partial charge in [-0.2, -0.15) is 5.10 Å². The molecule has 1 aromatic heterocycles. The normalized spacial score (nSPS) is 11.1. The number of nitrogens with one attached hydrogen (secondary N) is 1. The van der Waals surface area contributed by atoms with Crippen LogP contribution in [0.25, 0.3) is 0 Å². The van der Waals surface area contributed by atoms with E-state index in [1.807, 2.05) is 0 Å². The van der Waals surface area contributed by atoms with Crippen molar-refractivity contribution in [3.05, 3.63) is 12.3 Å². The molecule has 1 aromatic rings. The first-order valence-electron chi connectivity index (χ1n) is 4.45. The van der Waals surface area contributed by atoms with Crippen molar-refractivity contribution >= 4 is 28.9 Å². The average Bonchev–Trinajstić information content (AvgIpc) is 2.50. The van der Waals surface area contributed by atoms with Crippen LogP contribution in [0.5, 0.6) is 0 Å². The molecule has 1 rings (SSSR count). The summed E-state index contributed by atoms with van der Waals surface area (Å²) >= 11 is 4.82. The van der Waals surface area contributed by atoms with Crippen LogP contribution < -0.4 is 11.1 Å². The molecular formula is C9H14N4OS. The van der Waals surface area contributed by atoms with E-state index in [1.165, 1.54) is 0 Å². The van der Waals surface area contributed by atoms with Crippen LogP contribution in [-0.2, 0) is 11.8 Å². The van der Waals surface area contributed by atoms with Crippen molar-refractivity contribution in [3.8, 4) is 0 Å². The SMILES string of the molecule is Cn1ccc(NC(=O)C(C)(C)C(N)=S)n1. The van der Waals surface area contributed by atoms with Crippen LogP contribution in [-0.4, -0.2) is 20.7 Å². The first kappa shape index (κ1) is 11.6. The van der Waals surface area contributed by atoms with Crippen LogP contribution in [0.15, 0.2) is 12.3 Å². The fourth-order valence-electron chi connectivity index (χ4n) is 0.866. The molecule has 0 atom stereocenters. The molecule has 0 radical (unpaired) electrons. The number of nitrogens with zero attached hydrogens (tertiary/aromatic N) is 2. The van der Waals surface area contributed by atoms with Gasteiger partial charge in [-0.3, -0.25) is 9.48 Å². The minimum Gasteiger partial charge on any atom is -0.392 e. The number of nitrogens with two attached hydrogens (primary N) is 1. The topological polar surface area (TPSA) is 72.9 Å². The number of thiocarbonyl (C=S) groups is 1. The molecule has 5 nitrogen and oxygen atoms in total. The third-order valence-corrected chi connectivity index (χ3v) is 2.65. The molecule has 1 amide bonds. The first-order chi connectivity index (χ1) is 6.84. The zero-order valence-corrected chi connectivity index (χ0v) is 9.76. The lowest BCUT2D eigenvalue weighted by molar-refractivity contribution is -0.121. The van der Waals surface area contributed by atoms with E-state index in [0.717, 1.165) is 0 Å². The summed E-state index contributed by atoms with van der Waals surface area (Å²) in [4.78, 5) is 11.9. The summed E-state index contributed by atoms with van der Waals surface area (Å²) in [6.45, 7) is 3.35. The Hall–Kier alpha value is -1.43. The predicted molar refractivity (Wildman–Crippen MR) is 62.4 cm³/mol. The number of anilines is 1. The van der Waals surface area contributed by atoms with Crippen molar-refractivity contribution in [1.82, 2.24) is 9.78 Å². The number of amides is 1. The van der Waals surface area contributed by atoms with Crippen molar-refractivity contribution in [3.63, 3.8) is 0 Å². The summed E-state index contributed by atoms with van der Waals surface area (Å²) in [5, 5.41) is 6.67. The number of hydrogen-bond donors (Lipinski definition) is 2. The van der Waals surface area contributed by atoms with Crippen molar-refractivity contribution in [1.29, 1.82) is 0 Å². The number of aromatic nitrogens is 2. The summed E-state index contributed by atoms with van der Waals surface area (Å²) in [6.07, 6.45) is 1.74. The first-order valence-corrected chi connectivity index (χ1v) is 4.86. The Morgan fingerprint density at radius 2 is 2.27 bits per heavy atom. The summed E-state index contributed by atoms with van der Waals surface area (Å²) in [5.74, 6) is 0.237. The van der Waals surface area contributed by atoms with E-state index < -0.39 is 5.41 Å². The highest BCUT2D eigenvalue weighted by Gasteiger charge is 2.31. The highest BCUT2D eigenvalue weighted by Crippen LogP contribution is 2.17. The van der Waals surface area contributed by atoms with Gasteiger partial charge in [0.15, 0.2) is 5.82 Å². The number of aryl methyl sites for hydroxylation is 1. The Morgan fingerprint density at radius 1 is 1.67 bits per heavy atom. The van der Waals surface area contributed by atoms with Gasteiger partial charge in [0, 0.05) is 19.3 Å². The molecule has 0 aliphatic heterocycles. The van der Waals surface area contributed by atoms with Crippen LogP contribution in [0.1, 0.15) is 13.8 Å². The number of carbonyl (C=O) groups excluding carboxylic acids is 1. The zero-order valence-electron chi connectivity index (χ0n) is 8.94. The molecule has 0 aliphatic rings. The van der Waals surface area contributed by atoms with E-state index in [4.69, 9.17) is 18.0 Å². The summed E-state index contributed by atoms with van der Waals surface area (Å²) < 4.78 is 1.60. The van der Waals surface area contributed by atoms with Crippen molar-refractivity contribution in [2.45, 2.75) is 13.8 Å². The summed E-state index contributed by atoms with van der Waals surface area (Å²) in [5.41, 5.74) is 4.61. The van der Waals surface area contributed by atoms with E-state index >= 15 is 0 Å². The van der Waals surface area contributed by atoms with Crippen molar-refractivity contribution in [2.24, 2.45) is 18.2 Å². The highest BCUT2D eigenvalue weighted by atomic mass is 32.1. The highest BCUT2D eigenvalue weighted by molar-refractivity contribution is 7.80. The molecule has 0 saturated carbocycles. The van der Waals surface area contributed by atoms with E-state index in [2.05, 4.69) is 10.4 Å². The van der Waals surface area contributed by atoms with Gasteiger partial charge >= 0.3 is 0 Å². The van der Waals surface area contributed by atoms with Crippen LogP contribution >= 0.6 is 12.2 Å². The van der Waals surface area contributed by atoms with Gasteiger partial charge in [-0.05, 0) is 13.8 Å². The van der Waals surface area contributed by atoms with Crippen LogP contribution in [0.3, 0.4) is 0 Å². The monoisotopic (exact) mass is 226 g/mol. The summed E-state index contributed by atoms with van der Waals surface area (Å²) in [6, 6.07) is 1.70. The second kappa shape index (κ2) is 3.98. The molecule has 1 heterocycles. The molecular weight excluding hydrogens is 212 g/mol. The van der Waals surface area contributed by atoms with Gasteiger partial charge in [0.25, 0.3) is 0 Å². The molecule has 82 valence electrons. The molecule has 0 fully saturated rings. The van der Waals surface area contributed by atoms with Gasteiger partial charge < -0.3 is 11.1 Å². The van der Waals surface area contributed by atoms with Gasteiger partial charge in [-0.1, -0.05) is 12.2 Å². The lowest BCUT2D eigenvalue weighted by Crippen LogP contribution is -2.41. The Bertz CT molecular complexity index is 397. The summed E-state index contributed by atoms with van der Waals surface area (Å²) in [7, 11) is 1.77. The minimum atomic E-state index is -0.868. The molecule has 6 heteroatoms. The van der Waals surface area contributed by atoms with Crippen molar-refractivity contribution < 1.29 is 4.79 Å². The Kier molecular flexibility index (Phi) is 3.09. The van der Waals surface area contributed by atoms with E-state index in [-0.39, 0.29) is 10.9 Å². The van der Waals surface area contributed by atoms with Gasteiger partial charge in [-0.15, -0.1) is 0 Å². The zero-order chi connectivity index (χ0) is 11.6. The van der Waals surface area contributed by atoms with Gasteiger partial charge in [0.05, 0.1) is 10.4 Å². The van der Waals surface area contributed by atoms with E-state index in [9.17, 15) is 4.79 Å². The standard InChI is InChI=1S/C9H14N4OS/c1-9(2,7(10)15)8(14)11-6-4-5-13(3)12-6/h4-5H,1-3H3,(H2,10,15)(H,11,12,14). The number of carbonyl (C=O) groups is 1. The Balaban J connectivity index is 2.76. The van der Waals surface area contributed by atoms with Crippen molar-refractivity contribution in [2.75, 3.05) is 5.32 Å². The second-order valence-electron chi connectivity index (χ2n) is 3.82. The maximum absolute atomic E-state index is 11.8. The largest absolute Gasteiger partial charge is 0.392 e. The average molecular weight is 226 g/mol. The maximum atomic E-state index is 11.8. The maximum Gasteiger partial charge on any atom is 0.238 e. The molecule has 0 aliphatic carbocycles. The molecule has 3 N–H and O–H groups in total. The van der Waals surface area contributed by atoms with Crippen LogP contribution in [0, 0.1) is 5.41 Å². The molecule has 0 spiro atoms. The fraction of sp³-hybridized carbons (Fsp3) is 0.444. The second-order valence-corrected chi connectivity index (χ2v) is 4.26. The fourth-order valence-corrected chi connectivity index (χ4v) is 0.959. The molecule has 0 bridgehead atoms. The lowest BCUT2D eigenvalue weighted by Gasteiger charge is -2.20. The minimum absolute atomic E-state index is 0.163. The molecule has 0 saturated heterocycles. The molecule has 0 unspecified atom stereocenters. The van der Waals surface area contributed by atoms with E-state index in [1.54, 1.807) is 37.8 Å². The molecule has 15 heavy (non-hydrogen) atoms. The predicted octanol–water partition coefficient (Wildman–Crippen LogP) is 0.671. The smallest absolute Gasteiger partial charge is 0.238 e. The number of hydrogen-bond acceptors (Lipinski definition) is 3. The molecule has 0 aromatic carbocycles. The van der Waals surface area contributed by atoms with Gasteiger partial charge in [0.2, 0.25) is 5.91 Å². The lowest BCUT2D eigenvalue weighted by atomic mass is 9.92. The number of rotatable bonds is 3.